The van der Waals surface area contributed by atoms with Crippen molar-refractivity contribution < 1.29 is 23.7 Å². The van der Waals surface area contributed by atoms with Gasteiger partial charge in [-0.05, 0) is 51.2 Å². The lowest BCUT2D eigenvalue weighted by Gasteiger charge is -2.25. The number of ether oxygens (including phenoxy) is 1. The minimum atomic E-state index is -0.695. The number of methoxy groups -OCH3 is 1. The number of carbonyl (C=O) groups excluding carboxylic acids is 1. The Morgan fingerprint density at radius 3 is 2.61 bits per heavy atom. The maximum Gasteiger partial charge on any atom is 0.373 e. The van der Waals surface area contributed by atoms with Crippen LogP contribution in [-0.2, 0) is 14.8 Å². The van der Waals surface area contributed by atoms with Crippen LogP contribution in [-0.4, -0.2) is 32.0 Å². The van der Waals surface area contributed by atoms with Crippen molar-refractivity contribution in [3.8, 4) is 12.0 Å². The Kier molecular flexibility index (Phi) is 6.73. The first-order valence-corrected chi connectivity index (χ1v) is 7.47. The molecule has 2 atom stereocenters. The van der Waals surface area contributed by atoms with Gasteiger partial charge in [0.1, 0.15) is 11.9 Å². The molecule has 3 N–H and O–H groups in total. The van der Waals surface area contributed by atoms with Crippen LogP contribution in [0, 0.1) is 12.0 Å². The van der Waals surface area contributed by atoms with E-state index in [0.29, 0.717) is 18.6 Å². The Balaban J connectivity index is 2.77. The van der Waals surface area contributed by atoms with Crippen LogP contribution >= 0.6 is 0 Å². The molecule has 0 aliphatic rings. The first-order valence-electron chi connectivity index (χ1n) is 7.47. The van der Waals surface area contributed by atoms with Gasteiger partial charge in [0.25, 0.3) is 8.05 Å². The normalized spacial score (nSPS) is 15.8. The summed E-state index contributed by atoms with van der Waals surface area (Å²) in [5.41, 5.74) is 4.58. The molecule has 2 unspecified atom stereocenters. The van der Waals surface area contributed by atoms with E-state index in [0.717, 1.165) is 12.8 Å². The summed E-state index contributed by atoms with van der Waals surface area (Å²) in [6.45, 7) is 3.68. The molecule has 1 aromatic rings. The maximum absolute atomic E-state index is 11.5. The van der Waals surface area contributed by atoms with E-state index in [1.54, 1.807) is 20.2 Å². The maximum atomic E-state index is 11.5. The van der Waals surface area contributed by atoms with E-state index < -0.39 is 17.1 Å². The van der Waals surface area contributed by atoms with Crippen LogP contribution in [0.5, 0.6) is 0 Å². The van der Waals surface area contributed by atoms with Crippen molar-refractivity contribution in [2.75, 3.05) is 7.11 Å². The van der Waals surface area contributed by atoms with Gasteiger partial charge in [0.2, 0.25) is 5.76 Å². The van der Waals surface area contributed by atoms with Gasteiger partial charge in [-0.3, -0.25) is 0 Å². The second-order valence-corrected chi connectivity index (χ2v) is 5.95. The SMILES string of the molecule is BOC(C)(N)CCCCC(C)(C#CO)c1ccc(C(=O)OC)o1. The fraction of sp³-hybridized carbons (Fsp3) is 0.562. The monoisotopic (exact) mass is 321 g/mol. The molecule has 0 aliphatic heterocycles. The molecular formula is C16H24BNO5. The topological polar surface area (TPSA) is 94.9 Å². The summed E-state index contributed by atoms with van der Waals surface area (Å²) in [7, 11) is 2.87. The zero-order chi connectivity index (χ0) is 17.5. The lowest BCUT2D eigenvalue weighted by molar-refractivity contribution is 0.0561. The molecule has 1 heterocycles. The lowest BCUT2D eigenvalue weighted by Crippen LogP contribution is -2.38. The molecule has 1 aromatic heterocycles. The van der Waals surface area contributed by atoms with Crippen LogP contribution in [0.1, 0.15) is 55.8 Å². The highest BCUT2D eigenvalue weighted by molar-refractivity contribution is 5.98. The first kappa shape index (κ1) is 19.1. The molecule has 0 amide bonds. The van der Waals surface area contributed by atoms with Crippen molar-refractivity contribution in [3.63, 3.8) is 0 Å². The molecule has 6 nitrogen and oxygen atoms in total. The second kappa shape index (κ2) is 8.09. The molecule has 0 aromatic carbocycles. The molecule has 23 heavy (non-hydrogen) atoms. The smallest absolute Gasteiger partial charge is 0.373 e. The zero-order valence-corrected chi connectivity index (χ0v) is 14.1. The molecule has 126 valence electrons. The van der Waals surface area contributed by atoms with E-state index >= 15 is 0 Å². The predicted molar refractivity (Wildman–Crippen MR) is 87.8 cm³/mol. The third-order valence-corrected chi connectivity index (χ3v) is 3.93. The molecule has 0 fully saturated rings. The number of aliphatic hydroxyl groups excluding tert-OH is 1. The summed E-state index contributed by atoms with van der Waals surface area (Å²) in [5.74, 6) is 2.84. The average molecular weight is 321 g/mol. The summed E-state index contributed by atoms with van der Waals surface area (Å²) >= 11 is 0. The van der Waals surface area contributed by atoms with Crippen LogP contribution in [0.4, 0.5) is 0 Å². The molecule has 0 saturated carbocycles. The summed E-state index contributed by atoms with van der Waals surface area (Å²) in [6.07, 6.45) is 4.96. The standard InChI is InChI=1S/C16H24BNO5/c1-15(10-11-19,8-4-5-9-16(2,18)23-17)13-7-6-12(22-13)14(20)21-3/h6-7,19H,4-5,8-9,17-18H2,1-3H3. The van der Waals surface area contributed by atoms with Crippen molar-refractivity contribution in [1.29, 1.82) is 0 Å². The van der Waals surface area contributed by atoms with Crippen molar-refractivity contribution in [1.82, 2.24) is 0 Å². The van der Waals surface area contributed by atoms with E-state index in [-0.39, 0.29) is 5.76 Å². The molecule has 0 saturated heterocycles. The molecule has 0 bridgehead atoms. The van der Waals surface area contributed by atoms with Gasteiger partial charge < -0.3 is 24.6 Å². The highest BCUT2D eigenvalue weighted by Gasteiger charge is 2.29. The highest BCUT2D eigenvalue weighted by atomic mass is 16.5. The summed E-state index contributed by atoms with van der Waals surface area (Å²) in [6, 6.07) is 3.22. The first-order chi connectivity index (χ1) is 10.8. The van der Waals surface area contributed by atoms with Crippen molar-refractivity contribution in [2.24, 2.45) is 5.73 Å². The number of aliphatic hydroxyl groups is 1. The van der Waals surface area contributed by atoms with Crippen molar-refractivity contribution >= 4 is 14.0 Å². The van der Waals surface area contributed by atoms with Crippen LogP contribution in [0.15, 0.2) is 16.5 Å². The van der Waals surface area contributed by atoms with Crippen LogP contribution in [0.3, 0.4) is 0 Å². The molecule has 7 heteroatoms. The van der Waals surface area contributed by atoms with Crippen molar-refractivity contribution in [3.05, 3.63) is 23.7 Å². The quantitative estimate of drug-likeness (QED) is 0.247. The Morgan fingerprint density at radius 1 is 1.39 bits per heavy atom. The van der Waals surface area contributed by atoms with E-state index in [4.69, 9.17) is 19.9 Å². The number of carbonyl (C=O) groups is 1. The predicted octanol–water partition coefficient (Wildman–Crippen LogP) is 1.46. The second-order valence-electron chi connectivity index (χ2n) is 5.95. The Labute approximate surface area is 137 Å². The Morgan fingerprint density at radius 2 is 2.04 bits per heavy atom. The van der Waals surface area contributed by atoms with Gasteiger partial charge in [0.15, 0.2) is 0 Å². The van der Waals surface area contributed by atoms with E-state index in [1.807, 2.05) is 20.0 Å². The summed E-state index contributed by atoms with van der Waals surface area (Å²) in [5, 5.41) is 9.01. The third-order valence-electron chi connectivity index (χ3n) is 3.93. The number of furan rings is 1. The largest absolute Gasteiger partial charge is 0.463 e. The van der Waals surface area contributed by atoms with E-state index in [2.05, 4.69) is 10.7 Å². The van der Waals surface area contributed by atoms with Crippen LogP contribution in [0.2, 0.25) is 0 Å². The molecule has 1 rings (SSSR count). The Bertz CT molecular complexity index is 587. The molecule has 0 radical (unpaired) electrons. The minimum absolute atomic E-state index is 0.113. The van der Waals surface area contributed by atoms with E-state index in [1.165, 1.54) is 7.11 Å². The number of rotatable bonds is 8. The van der Waals surface area contributed by atoms with Gasteiger partial charge in [-0.1, -0.05) is 6.42 Å². The number of esters is 1. The summed E-state index contributed by atoms with van der Waals surface area (Å²) < 4.78 is 15.3. The van der Waals surface area contributed by atoms with Crippen LogP contribution < -0.4 is 5.73 Å². The summed E-state index contributed by atoms with van der Waals surface area (Å²) in [4.78, 5) is 11.5. The van der Waals surface area contributed by atoms with Gasteiger partial charge in [-0.15, -0.1) is 0 Å². The number of hydrogen-bond donors (Lipinski definition) is 2. The van der Waals surface area contributed by atoms with Gasteiger partial charge in [0, 0.05) is 0 Å². The van der Waals surface area contributed by atoms with Crippen LogP contribution in [0.25, 0.3) is 0 Å². The van der Waals surface area contributed by atoms with Gasteiger partial charge in [0.05, 0.1) is 18.2 Å². The van der Waals surface area contributed by atoms with Gasteiger partial charge in [-0.25, -0.2) is 4.79 Å². The fourth-order valence-corrected chi connectivity index (χ4v) is 2.27. The fourth-order valence-electron chi connectivity index (χ4n) is 2.27. The van der Waals surface area contributed by atoms with Gasteiger partial charge >= 0.3 is 5.97 Å². The Hall–Kier alpha value is -1.91. The number of unbranched alkanes of at least 4 members (excludes halogenated alkanes) is 1. The third kappa shape index (κ3) is 5.34. The van der Waals surface area contributed by atoms with Gasteiger partial charge in [-0.2, -0.15) is 0 Å². The van der Waals surface area contributed by atoms with E-state index in [9.17, 15) is 4.79 Å². The number of hydrogen-bond acceptors (Lipinski definition) is 6. The lowest BCUT2D eigenvalue weighted by atomic mass is 9.83. The molecule has 0 aliphatic carbocycles. The zero-order valence-electron chi connectivity index (χ0n) is 14.1. The average Bonchev–Trinajstić information content (AvgIpc) is 3.02. The molecule has 0 spiro atoms. The highest BCUT2D eigenvalue weighted by Crippen LogP contribution is 2.31. The minimum Gasteiger partial charge on any atom is -0.463 e. The molecular weight excluding hydrogens is 297 g/mol. The number of nitrogens with two attached hydrogens (primary N) is 1. The van der Waals surface area contributed by atoms with Crippen molar-refractivity contribution in [2.45, 2.75) is 50.7 Å².